The zero-order valence-electron chi connectivity index (χ0n) is 8.45. The Labute approximate surface area is 84.0 Å². The summed E-state index contributed by atoms with van der Waals surface area (Å²) < 4.78 is 5.11. The van der Waals surface area contributed by atoms with Crippen molar-refractivity contribution in [3.05, 3.63) is 24.3 Å². The van der Waals surface area contributed by atoms with Crippen LogP contribution in [-0.4, -0.2) is 36.1 Å². The molecule has 0 bridgehead atoms. The van der Waals surface area contributed by atoms with Crippen LogP contribution in [0.2, 0.25) is 0 Å². The van der Waals surface area contributed by atoms with E-state index >= 15 is 0 Å². The van der Waals surface area contributed by atoms with Crippen molar-refractivity contribution in [1.82, 2.24) is 4.90 Å². The maximum Gasteiger partial charge on any atom is 0.330 e. The van der Waals surface area contributed by atoms with Gasteiger partial charge in [-0.15, -0.1) is 0 Å². The molecule has 76 valence electrons. The molecule has 2 aliphatic rings. The van der Waals surface area contributed by atoms with Crippen LogP contribution in [0.25, 0.3) is 0 Å². The summed E-state index contributed by atoms with van der Waals surface area (Å²) in [4.78, 5) is 14.0. The molecule has 0 radical (unpaired) electrons. The quantitative estimate of drug-likeness (QED) is 0.486. The Morgan fingerprint density at radius 1 is 1.79 bits per heavy atom. The Bertz CT molecular complexity index is 308. The van der Waals surface area contributed by atoms with E-state index in [1.165, 1.54) is 0 Å². The molecule has 1 fully saturated rings. The highest BCUT2D eigenvalue weighted by molar-refractivity contribution is 5.85. The number of carbonyl (C=O) groups excluding carboxylic acids is 1. The molecule has 0 spiro atoms. The van der Waals surface area contributed by atoms with Crippen molar-refractivity contribution in [1.29, 1.82) is 0 Å². The van der Waals surface area contributed by atoms with Crippen LogP contribution in [0.15, 0.2) is 24.3 Å². The van der Waals surface area contributed by atoms with E-state index in [0.29, 0.717) is 13.0 Å². The molecule has 2 heterocycles. The van der Waals surface area contributed by atoms with Gasteiger partial charge in [0.15, 0.2) is 0 Å². The first kappa shape index (κ1) is 9.46. The molecule has 0 unspecified atom stereocenters. The van der Waals surface area contributed by atoms with Gasteiger partial charge in [-0.25, -0.2) is 4.79 Å². The summed E-state index contributed by atoms with van der Waals surface area (Å²) in [6, 6.07) is 0. The molecule has 3 heteroatoms. The average molecular weight is 193 g/mol. The third kappa shape index (κ3) is 1.20. The van der Waals surface area contributed by atoms with Crippen molar-refractivity contribution in [3.8, 4) is 0 Å². The zero-order valence-corrected chi connectivity index (χ0v) is 8.45. The molecule has 0 saturated carbocycles. The lowest BCUT2D eigenvalue weighted by Gasteiger charge is -2.27. The van der Waals surface area contributed by atoms with Gasteiger partial charge in [0, 0.05) is 19.5 Å². The van der Waals surface area contributed by atoms with Gasteiger partial charge < -0.3 is 4.74 Å². The van der Waals surface area contributed by atoms with Gasteiger partial charge in [-0.05, 0) is 6.92 Å². The van der Waals surface area contributed by atoms with Crippen LogP contribution in [0, 0.1) is 0 Å². The first-order chi connectivity index (χ1) is 6.69. The summed E-state index contributed by atoms with van der Waals surface area (Å²) in [5.74, 6) is -0.132. The van der Waals surface area contributed by atoms with Crippen LogP contribution < -0.4 is 0 Å². The maximum absolute atomic E-state index is 11.8. The van der Waals surface area contributed by atoms with Crippen molar-refractivity contribution in [3.63, 3.8) is 0 Å². The van der Waals surface area contributed by atoms with Gasteiger partial charge in [0.1, 0.15) is 5.54 Å². The molecule has 0 aliphatic carbocycles. The summed E-state index contributed by atoms with van der Waals surface area (Å²) in [5, 5.41) is 0. The molecular weight excluding hydrogens is 178 g/mol. The third-order valence-corrected chi connectivity index (χ3v) is 2.85. The fourth-order valence-electron chi connectivity index (χ4n) is 2.25. The van der Waals surface area contributed by atoms with E-state index in [2.05, 4.69) is 11.5 Å². The van der Waals surface area contributed by atoms with Crippen LogP contribution in [-0.2, 0) is 9.53 Å². The summed E-state index contributed by atoms with van der Waals surface area (Å²) in [6.45, 7) is 7.86. The lowest BCUT2D eigenvalue weighted by atomic mass is 9.96. The van der Waals surface area contributed by atoms with Crippen LogP contribution in [0.4, 0.5) is 0 Å². The minimum absolute atomic E-state index is 0.132. The van der Waals surface area contributed by atoms with Gasteiger partial charge in [0.2, 0.25) is 0 Å². The highest BCUT2D eigenvalue weighted by Gasteiger charge is 2.49. The van der Waals surface area contributed by atoms with Gasteiger partial charge in [0.05, 0.1) is 6.61 Å². The van der Waals surface area contributed by atoms with E-state index in [0.717, 1.165) is 18.7 Å². The molecule has 0 aromatic heterocycles. The molecule has 2 rings (SSSR count). The molecule has 0 amide bonds. The van der Waals surface area contributed by atoms with Gasteiger partial charge in [0.25, 0.3) is 0 Å². The van der Waals surface area contributed by atoms with Gasteiger partial charge in [-0.2, -0.15) is 0 Å². The van der Waals surface area contributed by atoms with Crippen LogP contribution in [0.3, 0.4) is 0 Å². The van der Waals surface area contributed by atoms with Crippen molar-refractivity contribution >= 4 is 5.97 Å². The molecule has 0 aromatic carbocycles. The van der Waals surface area contributed by atoms with Crippen molar-refractivity contribution < 1.29 is 9.53 Å². The summed E-state index contributed by atoms with van der Waals surface area (Å²) in [5.41, 5.74) is 0.593. The number of rotatable bonds is 2. The van der Waals surface area contributed by atoms with Crippen molar-refractivity contribution in [2.24, 2.45) is 0 Å². The molecule has 3 nitrogen and oxygen atoms in total. The topological polar surface area (TPSA) is 29.5 Å². The lowest BCUT2D eigenvalue weighted by Crippen LogP contribution is -2.46. The smallest absolute Gasteiger partial charge is 0.330 e. The highest BCUT2D eigenvalue weighted by atomic mass is 16.5. The van der Waals surface area contributed by atoms with E-state index in [4.69, 9.17) is 4.74 Å². The Hall–Kier alpha value is -1.09. The summed E-state index contributed by atoms with van der Waals surface area (Å²) >= 11 is 0. The third-order valence-electron chi connectivity index (χ3n) is 2.85. The normalized spacial score (nSPS) is 30.8. The van der Waals surface area contributed by atoms with Crippen LogP contribution >= 0.6 is 0 Å². The van der Waals surface area contributed by atoms with E-state index in [1.54, 1.807) is 0 Å². The minimum atomic E-state index is -0.521. The SMILES string of the molecule is C=C1CN2CC=C[C@]2(C(=O)OCC)C1. The molecule has 1 atom stereocenters. The number of nitrogens with zero attached hydrogens (tertiary/aromatic N) is 1. The zero-order chi connectivity index (χ0) is 10.2. The second-order valence-corrected chi connectivity index (χ2v) is 3.85. The minimum Gasteiger partial charge on any atom is -0.464 e. The van der Waals surface area contributed by atoms with Crippen molar-refractivity contribution in [2.45, 2.75) is 18.9 Å². The van der Waals surface area contributed by atoms with E-state index in [9.17, 15) is 4.79 Å². The molecule has 2 aliphatic heterocycles. The standard InChI is InChI=1S/C11H15NO2/c1-3-14-10(13)11-5-4-6-12(11)8-9(2)7-11/h4-5H,2-3,6-8H2,1H3/t11-/m1/s1. The Morgan fingerprint density at radius 3 is 3.29 bits per heavy atom. The Balaban J connectivity index is 2.24. The monoisotopic (exact) mass is 193 g/mol. The summed E-state index contributed by atoms with van der Waals surface area (Å²) in [6.07, 6.45) is 4.70. The number of esters is 1. The first-order valence-electron chi connectivity index (χ1n) is 4.95. The molecule has 1 saturated heterocycles. The van der Waals surface area contributed by atoms with Gasteiger partial charge >= 0.3 is 5.97 Å². The van der Waals surface area contributed by atoms with Gasteiger partial charge in [-0.3, -0.25) is 4.90 Å². The number of carbonyl (C=O) groups is 1. The fourth-order valence-corrected chi connectivity index (χ4v) is 2.25. The molecular formula is C11H15NO2. The lowest BCUT2D eigenvalue weighted by molar-refractivity contribution is -0.152. The average Bonchev–Trinajstić information content (AvgIpc) is 2.61. The first-order valence-corrected chi connectivity index (χ1v) is 4.95. The number of ether oxygens (including phenoxy) is 1. The fraction of sp³-hybridized carbons (Fsp3) is 0.545. The van der Waals surface area contributed by atoms with Crippen LogP contribution in [0.1, 0.15) is 13.3 Å². The predicted octanol–water partition coefficient (Wildman–Crippen LogP) is 1.12. The molecule has 14 heavy (non-hydrogen) atoms. The van der Waals surface area contributed by atoms with E-state index in [-0.39, 0.29) is 5.97 Å². The maximum atomic E-state index is 11.8. The largest absolute Gasteiger partial charge is 0.464 e. The van der Waals surface area contributed by atoms with E-state index < -0.39 is 5.54 Å². The predicted molar refractivity (Wildman–Crippen MR) is 53.8 cm³/mol. The summed E-state index contributed by atoms with van der Waals surface area (Å²) in [7, 11) is 0. The Kier molecular flexibility index (Phi) is 2.19. The second-order valence-electron chi connectivity index (χ2n) is 3.85. The Morgan fingerprint density at radius 2 is 2.57 bits per heavy atom. The number of hydrogen-bond donors (Lipinski definition) is 0. The van der Waals surface area contributed by atoms with E-state index in [1.807, 2.05) is 19.1 Å². The molecule has 0 aromatic rings. The highest BCUT2D eigenvalue weighted by Crippen LogP contribution is 2.37. The number of hydrogen-bond acceptors (Lipinski definition) is 3. The molecule has 0 N–H and O–H groups in total. The van der Waals surface area contributed by atoms with Gasteiger partial charge in [-0.1, -0.05) is 24.3 Å². The second kappa shape index (κ2) is 3.24. The van der Waals surface area contributed by atoms with Crippen molar-refractivity contribution in [2.75, 3.05) is 19.7 Å². The van der Waals surface area contributed by atoms with Crippen LogP contribution in [0.5, 0.6) is 0 Å². The number of fused-ring (bicyclic) bond motifs is 1.